The van der Waals surface area contributed by atoms with Crippen LogP contribution in [0.5, 0.6) is 0 Å². The standard InChI is InChI=1S/C7H9N3S/c1-6-4-7(11-5-6)2-3-9-10-8/h4-5H,2-3H2,1H3. The van der Waals surface area contributed by atoms with Crippen LogP contribution in [0.3, 0.4) is 0 Å². The second-order valence-electron chi connectivity index (χ2n) is 2.29. The lowest BCUT2D eigenvalue weighted by Gasteiger charge is -1.87. The van der Waals surface area contributed by atoms with Gasteiger partial charge < -0.3 is 0 Å². The number of aryl methyl sites for hydroxylation is 1. The van der Waals surface area contributed by atoms with Crippen molar-refractivity contribution in [1.29, 1.82) is 0 Å². The van der Waals surface area contributed by atoms with Crippen molar-refractivity contribution >= 4 is 11.3 Å². The van der Waals surface area contributed by atoms with E-state index in [0.717, 1.165) is 6.42 Å². The molecule has 11 heavy (non-hydrogen) atoms. The smallest absolute Gasteiger partial charge is 0.0306 e. The van der Waals surface area contributed by atoms with E-state index in [1.165, 1.54) is 10.4 Å². The van der Waals surface area contributed by atoms with E-state index in [1.807, 2.05) is 0 Å². The van der Waals surface area contributed by atoms with E-state index in [0.29, 0.717) is 6.54 Å². The van der Waals surface area contributed by atoms with E-state index < -0.39 is 0 Å². The molecule has 3 nitrogen and oxygen atoms in total. The third-order valence-corrected chi connectivity index (χ3v) is 2.42. The monoisotopic (exact) mass is 167 g/mol. The fraction of sp³-hybridized carbons (Fsp3) is 0.429. The minimum atomic E-state index is 0.566. The minimum Gasteiger partial charge on any atom is -0.149 e. The third kappa shape index (κ3) is 2.62. The van der Waals surface area contributed by atoms with Gasteiger partial charge in [-0.3, -0.25) is 0 Å². The number of hydrogen-bond acceptors (Lipinski definition) is 2. The van der Waals surface area contributed by atoms with Gasteiger partial charge in [0.25, 0.3) is 0 Å². The van der Waals surface area contributed by atoms with Crippen molar-refractivity contribution in [2.75, 3.05) is 6.54 Å². The Bertz CT molecular complexity index is 273. The Morgan fingerprint density at radius 2 is 2.55 bits per heavy atom. The molecule has 0 amide bonds. The van der Waals surface area contributed by atoms with Gasteiger partial charge in [-0.15, -0.1) is 11.3 Å². The topological polar surface area (TPSA) is 48.8 Å². The van der Waals surface area contributed by atoms with Crippen LogP contribution in [0.4, 0.5) is 0 Å². The summed E-state index contributed by atoms with van der Waals surface area (Å²) in [5.41, 5.74) is 9.29. The van der Waals surface area contributed by atoms with Crippen molar-refractivity contribution in [1.82, 2.24) is 0 Å². The van der Waals surface area contributed by atoms with Crippen molar-refractivity contribution < 1.29 is 0 Å². The molecule has 0 aliphatic heterocycles. The Morgan fingerprint density at radius 3 is 3.09 bits per heavy atom. The molecule has 0 saturated heterocycles. The average Bonchev–Trinajstić information content (AvgIpc) is 2.37. The van der Waals surface area contributed by atoms with E-state index in [2.05, 4.69) is 28.4 Å². The molecule has 0 N–H and O–H groups in total. The van der Waals surface area contributed by atoms with Crippen molar-refractivity contribution in [3.8, 4) is 0 Å². The van der Waals surface area contributed by atoms with Crippen LogP contribution in [0, 0.1) is 6.92 Å². The summed E-state index contributed by atoms with van der Waals surface area (Å²) < 4.78 is 0. The molecule has 1 heterocycles. The Morgan fingerprint density at radius 1 is 1.73 bits per heavy atom. The molecule has 0 aliphatic carbocycles. The fourth-order valence-electron chi connectivity index (χ4n) is 0.827. The lowest BCUT2D eigenvalue weighted by atomic mass is 10.3. The summed E-state index contributed by atoms with van der Waals surface area (Å²) in [6.45, 7) is 2.63. The van der Waals surface area contributed by atoms with Crippen LogP contribution in [0.15, 0.2) is 16.6 Å². The molecule has 0 radical (unpaired) electrons. The zero-order chi connectivity index (χ0) is 8.10. The zero-order valence-corrected chi connectivity index (χ0v) is 7.14. The second kappa shape index (κ2) is 4.01. The van der Waals surface area contributed by atoms with Gasteiger partial charge in [0, 0.05) is 16.3 Å². The summed E-state index contributed by atoms with van der Waals surface area (Å²) in [7, 11) is 0. The van der Waals surface area contributed by atoms with E-state index in [1.54, 1.807) is 11.3 Å². The molecule has 58 valence electrons. The van der Waals surface area contributed by atoms with Gasteiger partial charge in [-0.2, -0.15) is 0 Å². The Balaban J connectivity index is 2.44. The van der Waals surface area contributed by atoms with Crippen LogP contribution in [0.1, 0.15) is 10.4 Å². The number of azide groups is 1. The van der Waals surface area contributed by atoms with Crippen LogP contribution >= 0.6 is 11.3 Å². The summed E-state index contributed by atoms with van der Waals surface area (Å²) in [4.78, 5) is 3.97. The van der Waals surface area contributed by atoms with Gasteiger partial charge in [-0.25, -0.2) is 0 Å². The molecule has 0 saturated carbocycles. The largest absolute Gasteiger partial charge is 0.149 e. The normalized spacial score (nSPS) is 9.18. The predicted molar refractivity (Wildman–Crippen MR) is 46.8 cm³/mol. The predicted octanol–water partition coefficient (Wildman–Crippen LogP) is 2.91. The molecular formula is C7H9N3S. The quantitative estimate of drug-likeness (QED) is 0.377. The van der Waals surface area contributed by atoms with Crippen LogP contribution in [0.2, 0.25) is 0 Å². The molecule has 0 bridgehead atoms. The first-order chi connectivity index (χ1) is 5.33. The highest BCUT2D eigenvalue weighted by Crippen LogP contribution is 2.13. The number of thiophene rings is 1. The number of rotatable bonds is 3. The number of hydrogen-bond donors (Lipinski definition) is 0. The van der Waals surface area contributed by atoms with Crippen molar-refractivity contribution in [2.45, 2.75) is 13.3 Å². The van der Waals surface area contributed by atoms with E-state index in [4.69, 9.17) is 5.53 Å². The van der Waals surface area contributed by atoms with E-state index in [9.17, 15) is 0 Å². The van der Waals surface area contributed by atoms with Gasteiger partial charge in [0.2, 0.25) is 0 Å². The highest BCUT2D eigenvalue weighted by Gasteiger charge is 1.93. The Kier molecular flexibility index (Phi) is 2.95. The summed E-state index contributed by atoms with van der Waals surface area (Å²) in [5, 5.41) is 5.57. The first-order valence-corrected chi connectivity index (χ1v) is 4.26. The maximum atomic E-state index is 8.01. The maximum absolute atomic E-state index is 8.01. The molecule has 0 spiro atoms. The van der Waals surface area contributed by atoms with Crippen LogP contribution in [-0.4, -0.2) is 6.54 Å². The van der Waals surface area contributed by atoms with Gasteiger partial charge in [0.1, 0.15) is 0 Å². The summed E-state index contributed by atoms with van der Waals surface area (Å²) in [6, 6.07) is 2.12. The van der Waals surface area contributed by atoms with E-state index in [-0.39, 0.29) is 0 Å². The SMILES string of the molecule is Cc1csc(CCN=[N+]=[N-])c1. The second-order valence-corrected chi connectivity index (χ2v) is 3.29. The molecule has 1 aromatic heterocycles. The molecule has 1 rings (SSSR count). The minimum absolute atomic E-state index is 0.566. The Hall–Kier alpha value is -0.990. The highest BCUT2D eigenvalue weighted by molar-refractivity contribution is 7.10. The average molecular weight is 167 g/mol. The van der Waals surface area contributed by atoms with Gasteiger partial charge in [-0.05, 0) is 35.9 Å². The molecular weight excluding hydrogens is 158 g/mol. The van der Waals surface area contributed by atoms with Crippen LogP contribution in [-0.2, 0) is 6.42 Å². The lowest BCUT2D eigenvalue weighted by molar-refractivity contribution is 0.973. The molecule has 0 atom stereocenters. The van der Waals surface area contributed by atoms with Crippen molar-refractivity contribution in [2.24, 2.45) is 5.11 Å². The lowest BCUT2D eigenvalue weighted by Crippen LogP contribution is -1.82. The molecule has 0 unspecified atom stereocenters. The first-order valence-electron chi connectivity index (χ1n) is 3.38. The molecule has 1 aromatic rings. The van der Waals surface area contributed by atoms with Gasteiger partial charge >= 0.3 is 0 Å². The Labute approximate surface area is 69.3 Å². The summed E-state index contributed by atoms with van der Waals surface area (Å²) in [6.07, 6.45) is 0.864. The van der Waals surface area contributed by atoms with E-state index >= 15 is 0 Å². The molecule has 0 fully saturated rings. The molecule has 4 heteroatoms. The van der Waals surface area contributed by atoms with Crippen molar-refractivity contribution in [3.63, 3.8) is 0 Å². The fourth-order valence-corrected chi connectivity index (χ4v) is 1.69. The third-order valence-electron chi connectivity index (χ3n) is 1.31. The summed E-state index contributed by atoms with van der Waals surface area (Å²) in [5.74, 6) is 0. The summed E-state index contributed by atoms with van der Waals surface area (Å²) >= 11 is 1.72. The van der Waals surface area contributed by atoms with Crippen LogP contribution in [0.25, 0.3) is 10.4 Å². The van der Waals surface area contributed by atoms with Gasteiger partial charge in [0.15, 0.2) is 0 Å². The first kappa shape index (κ1) is 8.11. The maximum Gasteiger partial charge on any atom is 0.0306 e. The van der Waals surface area contributed by atoms with Crippen molar-refractivity contribution in [3.05, 3.63) is 32.3 Å². The molecule has 0 aliphatic rings. The highest BCUT2D eigenvalue weighted by atomic mass is 32.1. The van der Waals surface area contributed by atoms with Crippen LogP contribution < -0.4 is 0 Å². The van der Waals surface area contributed by atoms with Gasteiger partial charge in [-0.1, -0.05) is 5.11 Å². The number of nitrogens with zero attached hydrogens (tertiary/aromatic N) is 3. The zero-order valence-electron chi connectivity index (χ0n) is 6.32. The molecule has 0 aromatic carbocycles. The van der Waals surface area contributed by atoms with Gasteiger partial charge in [0.05, 0.1) is 0 Å².